The molecule has 0 N–H and O–H groups in total. The fourth-order valence-electron chi connectivity index (χ4n) is 0.934. The van der Waals surface area contributed by atoms with Gasteiger partial charge in [-0.15, -0.1) is 0 Å². The predicted molar refractivity (Wildman–Crippen MR) is 52.6 cm³/mol. The maximum Gasteiger partial charge on any atom is 0.395 e. The van der Waals surface area contributed by atoms with E-state index in [1.54, 1.807) is 6.08 Å². The smallest absolute Gasteiger partial charge is 0.170 e. The molecule has 0 aromatic carbocycles. The van der Waals surface area contributed by atoms with Crippen molar-refractivity contribution < 1.29 is 13.2 Å². The van der Waals surface area contributed by atoms with Crippen molar-refractivity contribution in [3.8, 4) is 0 Å². The summed E-state index contributed by atoms with van der Waals surface area (Å²) in [6.07, 6.45) is -1.18. The second kappa shape index (κ2) is 3.89. The lowest BCUT2D eigenvalue weighted by Gasteiger charge is -2.17. The van der Waals surface area contributed by atoms with E-state index in [-0.39, 0.29) is 6.42 Å². The Bertz CT molecular complexity index is 215. The Balaban J connectivity index is 2.60. The molecule has 0 saturated heterocycles. The summed E-state index contributed by atoms with van der Waals surface area (Å²) in [5, 5.41) is 0. The van der Waals surface area contributed by atoms with Gasteiger partial charge in [0.2, 0.25) is 0 Å². The van der Waals surface area contributed by atoms with Crippen molar-refractivity contribution in [2.45, 2.75) is 25.9 Å². The van der Waals surface area contributed by atoms with Gasteiger partial charge in [0.15, 0.2) is 0 Å². The maximum atomic E-state index is 12.1. The monoisotopic (exact) mass is 290 g/mol. The highest BCUT2D eigenvalue weighted by molar-refractivity contribution is 14.2. The first kappa shape index (κ1) is 10.2. The minimum absolute atomic E-state index is 0.159. The van der Waals surface area contributed by atoms with Crippen LogP contribution >= 0.6 is 20.7 Å². The maximum absolute atomic E-state index is 12.1. The van der Waals surface area contributed by atoms with Crippen molar-refractivity contribution in [1.82, 2.24) is 0 Å². The fraction of sp³-hybridized carbons (Fsp3) is 0.625. The molecule has 0 aliphatic carbocycles. The van der Waals surface area contributed by atoms with Gasteiger partial charge >= 0.3 is 6.18 Å². The topological polar surface area (TPSA) is 0 Å². The van der Waals surface area contributed by atoms with Crippen LogP contribution in [0.1, 0.15) is 19.8 Å². The largest absolute Gasteiger partial charge is 0.395 e. The first-order valence-electron chi connectivity index (χ1n) is 3.76. The van der Waals surface area contributed by atoms with Gasteiger partial charge < -0.3 is 0 Å². The lowest BCUT2D eigenvalue weighted by atomic mass is 10.1. The molecule has 0 amide bonds. The summed E-state index contributed by atoms with van der Waals surface area (Å²) < 4.78 is 39.1. The van der Waals surface area contributed by atoms with Crippen LogP contribution in [-0.4, -0.2) is 10.2 Å². The van der Waals surface area contributed by atoms with E-state index in [0.29, 0.717) is 0 Å². The van der Waals surface area contributed by atoms with Crippen LogP contribution in [0.5, 0.6) is 0 Å². The Morgan fingerprint density at radius 3 is 2.58 bits per heavy atom. The zero-order valence-corrected chi connectivity index (χ0v) is 8.82. The summed E-state index contributed by atoms with van der Waals surface area (Å²) in [5.41, 5.74) is 0. The quantitative estimate of drug-likeness (QED) is 0.647. The molecule has 0 bridgehead atoms. The van der Waals surface area contributed by atoms with Crippen LogP contribution in [0.3, 0.4) is 0 Å². The van der Waals surface area contributed by atoms with Crippen LogP contribution in [0.2, 0.25) is 0 Å². The van der Waals surface area contributed by atoms with Gasteiger partial charge in [0.25, 0.3) is 0 Å². The van der Waals surface area contributed by atoms with E-state index in [1.807, 2.05) is 6.92 Å². The normalized spacial score (nSPS) is 24.7. The van der Waals surface area contributed by atoms with E-state index >= 15 is 0 Å². The number of alkyl halides is 3. The van der Waals surface area contributed by atoms with Crippen molar-refractivity contribution in [2.75, 3.05) is 0 Å². The summed E-state index contributed by atoms with van der Waals surface area (Å²) in [5.74, 6) is -1.17. The van der Waals surface area contributed by atoms with Gasteiger partial charge in [0, 0.05) is 0 Å². The van der Waals surface area contributed by atoms with E-state index in [4.69, 9.17) is 0 Å². The van der Waals surface area contributed by atoms with E-state index in [1.165, 1.54) is 7.59 Å². The minimum Gasteiger partial charge on any atom is -0.170 e. The number of hydrogen-bond acceptors (Lipinski definition) is 0. The molecule has 1 aliphatic heterocycles. The molecule has 1 unspecified atom stereocenters. The summed E-state index contributed by atoms with van der Waals surface area (Å²) in [4.78, 5) is 0. The molecule has 4 heteroatoms. The van der Waals surface area contributed by atoms with Crippen LogP contribution in [-0.2, 0) is 0 Å². The Kier molecular flexibility index (Phi) is 3.31. The van der Waals surface area contributed by atoms with E-state index in [9.17, 15) is 13.2 Å². The van der Waals surface area contributed by atoms with Gasteiger partial charge in [-0.25, -0.2) is 0 Å². The Hall–Kier alpha value is 0.130. The molecule has 0 aromatic rings. The third-order valence-electron chi connectivity index (χ3n) is 1.71. The lowest BCUT2D eigenvalue weighted by Crippen LogP contribution is -2.23. The first-order valence-corrected chi connectivity index (χ1v) is 6.09. The average molecular weight is 290 g/mol. The first-order chi connectivity index (χ1) is 5.54. The van der Waals surface area contributed by atoms with Gasteiger partial charge in [0.05, 0.1) is 5.92 Å². The van der Waals surface area contributed by atoms with E-state index in [0.717, 1.165) is 6.42 Å². The minimum atomic E-state index is -4.02. The number of rotatable bonds is 1. The number of halogens is 4. The molecule has 0 fully saturated rings. The van der Waals surface area contributed by atoms with Gasteiger partial charge in [0.1, 0.15) is 0 Å². The van der Waals surface area contributed by atoms with Gasteiger partial charge in [-0.05, 0) is 20.4 Å². The molecular formula is C8H10F3I. The van der Waals surface area contributed by atoms with Crippen LogP contribution < -0.4 is 0 Å². The van der Waals surface area contributed by atoms with Crippen molar-refractivity contribution >= 4 is 24.7 Å². The zero-order valence-electron chi connectivity index (χ0n) is 6.66. The van der Waals surface area contributed by atoms with Crippen molar-refractivity contribution in [1.29, 1.82) is 0 Å². The number of hydrogen-bond donors (Lipinski definition) is 0. The molecule has 1 rings (SSSR count). The van der Waals surface area contributed by atoms with Crippen LogP contribution in [0.4, 0.5) is 13.2 Å². The van der Waals surface area contributed by atoms with Crippen LogP contribution in [0.15, 0.2) is 9.66 Å². The standard InChI is InChI=1S/C8H10F3I/c1-2-7-4-3-6(5-12-7)8(9,10)11/h4-6H,2-3H2,1H3. The molecule has 1 aliphatic rings. The van der Waals surface area contributed by atoms with E-state index < -0.39 is 32.8 Å². The van der Waals surface area contributed by atoms with Crippen molar-refractivity contribution in [2.24, 2.45) is 5.92 Å². The number of allylic oxidation sites excluding steroid dienone is 2. The second-order valence-electron chi connectivity index (χ2n) is 2.62. The van der Waals surface area contributed by atoms with Gasteiger partial charge in [-0.1, -0.05) is 33.7 Å². The Labute approximate surface area is 79.6 Å². The summed E-state index contributed by atoms with van der Waals surface area (Å²) in [6.45, 7) is 1.99. The average Bonchev–Trinajstić information content (AvgIpc) is 2.03. The predicted octanol–water partition coefficient (Wildman–Crippen LogP) is 3.64. The molecular weight excluding hydrogens is 280 g/mol. The highest BCUT2D eigenvalue weighted by Gasteiger charge is 2.37. The Morgan fingerprint density at radius 2 is 2.25 bits per heavy atom. The molecule has 0 spiro atoms. The third kappa shape index (κ3) is 2.57. The SMILES string of the molecule is CCC1=CCC(C(F)(F)F)C=I1. The van der Waals surface area contributed by atoms with Crippen LogP contribution in [0, 0.1) is 5.92 Å². The highest BCUT2D eigenvalue weighted by Crippen LogP contribution is 2.35. The van der Waals surface area contributed by atoms with Crippen molar-refractivity contribution in [3.63, 3.8) is 0 Å². The molecule has 0 aromatic heterocycles. The molecule has 0 nitrogen and oxygen atoms in total. The second-order valence-corrected chi connectivity index (χ2v) is 5.35. The molecule has 12 heavy (non-hydrogen) atoms. The van der Waals surface area contributed by atoms with E-state index in [2.05, 4.69) is 0 Å². The van der Waals surface area contributed by atoms with Gasteiger partial charge in [-0.2, -0.15) is 13.2 Å². The van der Waals surface area contributed by atoms with Gasteiger partial charge in [-0.3, -0.25) is 0 Å². The molecule has 1 heterocycles. The van der Waals surface area contributed by atoms with Crippen LogP contribution in [0.25, 0.3) is 0 Å². The molecule has 1 atom stereocenters. The summed E-state index contributed by atoms with van der Waals surface area (Å²) in [7, 11) is 0. The summed E-state index contributed by atoms with van der Waals surface area (Å²) in [6, 6.07) is 0. The lowest BCUT2D eigenvalue weighted by molar-refractivity contribution is -0.152. The summed E-state index contributed by atoms with van der Waals surface area (Å²) >= 11 is -0.441. The zero-order chi connectivity index (χ0) is 9.19. The fourth-order valence-corrected chi connectivity index (χ4v) is 3.48. The molecule has 0 saturated carbocycles. The molecule has 0 radical (unpaired) electrons. The van der Waals surface area contributed by atoms with Crippen molar-refractivity contribution in [3.05, 3.63) is 9.66 Å². The third-order valence-corrected chi connectivity index (χ3v) is 4.94. The highest BCUT2D eigenvalue weighted by atomic mass is 127. The Morgan fingerprint density at radius 1 is 1.58 bits per heavy atom. The molecule has 70 valence electrons.